The Kier molecular flexibility index (Phi) is 3.74. The molecule has 1 unspecified atom stereocenters. The van der Waals surface area contributed by atoms with Crippen molar-refractivity contribution in [3.05, 3.63) is 23.9 Å². The van der Waals surface area contributed by atoms with Crippen LogP contribution in [0.2, 0.25) is 0 Å². The minimum absolute atomic E-state index is 0.263. The average molecular weight is 179 g/mol. The van der Waals surface area contributed by atoms with Crippen molar-refractivity contribution in [3.63, 3.8) is 0 Å². The molecule has 1 rings (SSSR count). The van der Waals surface area contributed by atoms with Crippen LogP contribution in [0.15, 0.2) is 18.2 Å². The molecular weight excluding hydrogens is 162 g/mol. The second-order valence-electron chi connectivity index (χ2n) is 3.33. The summed E-state index contributed by atoms with van der Waals surface area (Å²) < 4.78 is 5.62. The lowest BCUT2D eigenvalue weighted by molar-refractivity contribution is 0.201. The quantitative estimate of drug-likeness (QED) is 0.709. The SMILES string of the molecule is CCCC(C)Oc1cccc(C)n1. The van der Waals surface area contributed by atoms with Gasteiger partial charge < -0.3 is 4.74 Å². The van der Waals surface area contributed by atoms with Gasteiger partial charge in [-0.1, -0.05) is 19.4 Å². The zero-order valence-corrected chi connectivity index (χ0v) is 8.58. The summed E-state index contributed by atoms with van der Waals surface area (Å²) in [5.41, 5.74) is 1.00. The first kappa shape index (κ1) is 10.0. The normalized spacial score (nSPS) is 12.5. The van der Waals surface area contributed by atoms with Crippen molar-refractivity contribution in [2.24, 2.45) is 0 Å². The van der Waals surface area contributed by atoms with E-state index in [1.165, 1.54) is 0 Å². The Morgan fingerprint density at radius 1 is 1.46 bits per heavy atom. The zero-order chi connectivity index (χ0) is 9.68. The molecule has 1 atom stereocenters. The fourth-order valence-corrected chi connectivity index (χ4v) is 1.26. The molecule has 1 aromatic rings. The lowest BCUT2D eigenvalue weighted by atomic mass is 10.2. The van der Waals surface area contributed by atoms with Gasteiger partial charge in [-0.3, -0.25) is 0 Å². The molecule has 72 valence electrons. The monoisotopic (exact) mass is 179 g/mol. The van der Waals surface area contributed by atoms with E-state index in [-0.39, 0.29) is 6.10 Å². The third-order valence-electron chi connectivity index (χ3n) is 1.88. The van der Waals surface area contributed by atoms with Crippen molar-refractivity contribution < 1.29 is 4.74 Å². The van der Waals surface area contributed by atoms with Crippen molar-refractivity contribution in [2.45, 2.75) is 39.7 Å². The first-order chi connectivity index (χ1) is 6.22. The van der Waals surface area contributed by atoms with Crippen molar-refractivity contribution in [2.75, 3.05) is 0 Å². The van der Waals surface area contributed by atoms with Gasteiger partial charge in [0.05, 0.1) is 6.10 Å². The van der Waals surface area contributed by atoms with Crippen LogP contribution in [0.3, 0.4) is 0 Å². The maximum atomic E-state index is 5.62. The van der Waals surface area contributed by atoms with Crippen LogP contribution in [0.25, 0.3) is 0 Å². The molecule has 0 aliphatic rings. The third kappa shape index (κ3) is 3.45. The van der Waals surface area contributed by atoms with Gasteiger partial charge in [0.15, 0.2) is 0 Å². The van der Waals surface area contributed by atoms with Crippen LogP contribution in [0.4, 0.5) is 0 Å². The standard InChI is InChI=1S/C11H17NO/c1-4-6-10(3)13-11-8-5-7-9(2)12-11/h5,7-8,10H,4,6H2,1-3H3. The fourth-order valence-electron chi connectivity index (χ4n) is 1.26. The third-order valence-corrected chi connectivity index (χ3v) is 1.88. The highest BCUT2D eigenvalue weighted by Gasteiger charge is 2.02. The lowest BCUT2D eigenvalue weighted by Crippen LogP contribution is -2.11. The summed E-state index contributed by atoms with van der Waals surface area (Å²) in [4.78, 5) is 4.27. The van der Waals surface area contributed by atoms with Gasteiger partial charge in [-0.15, -0.1) is 0 Å². The molecule has 2 nitrogen and oxygen atoms in total. The Hall–Kier alpha value is -1.05. The van der Waals surface area contributed by atoms with Gasteiger partial charge in [0.2, 0.25) is 5.88 Å². The second kappa shape index (κ2) is 4.85. The van der Waals surface area contributed by atoms with E-state index in [2.05, 4.69) is 18.8 Å². The minimum Gasteiger partial charge on any atom is -0.475 e. The number of ether oxygens (including phenoxy) is 1. The molecule has 0 aliphatic heterocycles. The van der Waals surface area contributed by atoms with E-state index in [1.54, 1.807) is 0 Å². The van der Waals surface area contributed by atoms with Crippen molar-refractivity contribution in [1.29, 1.82) is 0 Å². The number of aromatic nitrogens is 1. The van der Waals surface area contributed by atoms with Gasteiger partial charge in [0, 0.05) is 11.8 Å². The molecule has 0 N–H and O–H groups in total. The first-order valence-electron chi connectivity index (χ1n) is 4.82. The van der Waals surface area contributed by atoms with Crippen molar-refractivity contribution >= 4 is 0 Å². The fraction of sp³-hybridized carbons (Fsp3) is 0.545. The number of hydrogen-bond donors (Lipinski definition) is 0. The highest BCUT2D eigenvalue weighted by atomic mass is 16.5. The number of aryl methyl sites for hydroxylation is 1. The Morgan fingerprint density at radius 3 is 2.85 bits per heavy atom. The van der Waals surface area contributed by atoms with Gasteiger partial charge >= 0.3 is 0 Å². The van der Waals surface area contributed by atoms with E-state index in [0.29, 0.717) is 0 Å². The summed E-state index contributed by atoms with van der Waals surface area (Å²) in [7, 11) is 0. The van der Waals surface area contributed by atoms with E-state index < -0.39 is 0 Å². The highest BCUT2D eigenvalue weighted by molar-refractivity contribution is 5.14. The molecule has 0 amide bonds. The highest BCUT2D eigenvalue weighted by Crippen LogP contribution is 2.11. The molecule has 2 heteroatoms. The van der Waals surface area contributed by atoms with Crippen molar-refractivity contribution in [3.8, 4) is 5.88 Å². The van der Waals surface area contributed by atoms with Gasteiger partial charge in [0.25, 0.3) is 0 Å². The van der Waals surface area contributed by atoms with Crippen molar-refractivity contribution in [1.82, 2.24) is 4.98 Å². The Morgan fingerprint density at radius 2 is 2.23 bits per heavy atom. The van der Waals surface area contributed by atoms with Crippen LogP contribution in [-0.4, -0.2) is 11.1 Å². The van der Waals surface area contributed by atoms with Gasteiger partial charge in [-0.2, -0.15) is 0 Å². The second-order valence-corrected chi connectivity index (χ2v) is 3.33. The van der Waals surface area contributed by atoms with E-state index in [9.17, 15) is 0 Å². The first-order valence-corrected chi connectivity index (χ1v) is 4.82. The van der Waals surface area contributed by atoms with Crippen LogP contribution in [0, 0.1) is 6.92 Å². The van der Waals surface area contributed by atoms with Crippen LogP contribution in [0.1, 0.15) is 32.4 Å². The Balaban J connectivity index is 2.53. The van der Waals surface area contributed by atoms with Gasteiger partial charge in [0.1, 0.15) is 0 Å². The molecule has 0 spiro atoms. The minimum atomic E-state index is 0.263. The van der Waals surface area contributed by atoms with Crippen LogP contribution in [0.5, 0.6) is 5.88 Å². The van der Waals surface area contributed by atoms with Crippen LogP contribution in [-0.2, 0) is 0 Å². The van der Waals surface area contributed by atoms with E-state index in [1.807, 2.05) is 25.1 Å². The molecule has 13 heavy (non-hydrogen) atoms. The lowest BCUT2D eigenvalue weighted by Gasteiger charge is -2.12. The van der Waals surface area contributed by atoms with Crippen LogP contribution < -0.4 is 4.74 Å². The predicted octanol–water partition coefficient (Wildman–Crippen LogP) is 2.96. The molecule has 0 aromatic carbocycles. The zero-order valence-electron chi connectivity index (χ0n) is 8.58. The maximum Gasteiger partial charge on any atom is 0.213 e. The molecule has 0 saturated heterocycles. The van der Waals surface area contributed by atoms with Gasteiger partial charge in [-0.05, 0) is 26.3 Å². The van der Waals surface area contributed by atoms with E-state index in [0.717, 1.165) is 24.4 Å². The average Bonchev–Trinajstić information content (AvgIpc) is 2.04. The molecule has 0 radical (unpaired) electrons. The molecule has 0 bridgehead atoms. The Labute approximate surface area is 80.0 Å². The van der Waals surface area contributed by atoms with E-state index in [4.69, 9.17) is 4.74 Å². The molecule has 1 heterocycles. The summed E-state index contributed by atoms with van der Waals surface area (Å²) >= 11 is 0. The topological polar surface area (TPSA) is 22.1 Å². The smallest absolute Gasteiger partial charge is 0.213 e. The number of pyridine rings is 1. The summed E-state index contributed by atoms with van der Waals surface area (Å²) in [6.45, 7) is 6.20. The summed E-state index contributed by atoms with van der Waals surface area (Å²) in [5.74, 6) is 0.737. The molecular formula is C11H17NO. The van der Waals surface area contributed by atoms with Crippen LogP contribution >= 0.6 is 0 Å². The molecule has 0 fully saturated rings. The van der Waals surface area contributed by atoms with E-state index >= 15 is 0 Å². The predicted molar refractivity (Wildman–Crippen MR) is 54.0 cm³/mol. The summed E-state index contributed by atoms with van der Waals surface area (Å²) in [5, 5.41) is 0. The summed E-state index contributed by atoms with van der Waals surface area (Å²) in [6, 6.07) is 5.84. The number of nitrogens with zero attached hydrogens (tertiary/aromatic N) is 1. The maximum absolute atomic E-state index is 5.62. The molecule has 0 aliphatic carbocycles. The number of hydrogen-bond acceptors (Lipinski definition) is 2. The van der Waals surface area contributed by atoms with Gasteiger partial charge in [-0.25, -0.2) is 4.98 Å². The summed E-state index contributed by atoms with van der Waals surface area (Å²) in [6.07, 6.45) is 2.49. The molecule has 1 aromatic heterocycles. The Bertz CT molecular complexity index is 260. The largest absolute Gasteiger partial charge is 0.475 e. The number of rotatable bonds is 4. The molecule has 0 saturated carbocycles.